The van der Waals surface area contributed by atoms with Gasteiger partial charge in [0.25, 0.3) is 0 Å². The van der Waals surface area contributed by atoms with E-state index in [-0.39, 0.29) is 0 Å². The molecule has 3 aromatic carbocycles. The molecule has 5 heteroatoms. The van der Waals surface area contributed by atoms with Crippen LogP contribution in [0, 0.1) is 0 Å². The zero-order chi connectivity index (χ0) is 21.3. The number of furan rings is 1. The van der Waals surface area contributed by atoms with Gasteiger partial charge in [-0.15, -0.1) is 0 Å². The van der Waals surface area contributed by atoms with Gasteiger partial charge in [-0.2, -0.15) is 0 Å². The Labute approximate surface area is 186 Å². The zero-order valence-corrected chi connectivity index (χ0v) is 17.9. The molecule has 158 valence electrons. The average Bonchev–Trinajstić information content (AvgIpc) is 3.24. The van der Waals surface area contributed by atoms with Crippen molar-refractivity contribution in [2.75, 3.05) is 31.1 Å². The summed E-state index contributed by atoms with van der Waals surface area (Å²) in [6.07, 6.45) is 0. The second-order valence-electron chi connectivity index (χ2n) is 8.41. The van der Waals surface area contributed by atoms with E-state index < -0.39 is 0 Å². The summed E-state index contributed by atoms with van der Waals surface area (Å²) in [6.45, 7) is 5.09. The Morgan fingerprint density at radius 3 is 2.25 bits per heavy atom. The Kier molecular flexibility index (Phi) is 4.81. The molecule has 0 atom stereocenters. The van der Waals surface area contributed by atoms with Gasteiger partial charge in [-0.3, -0.25) is 0 Å². The molecule has 5 nitrogen and oxygen atoms in total. The predicted molar refractivity (Wildman–Crippen MR) is 128 cm³/mol. The molecule has 32 heavy (non-hydrogen) atoms. The maximum atomic E-state index is 6.28. The lowest BCUT2D eigenvalue weighted by Gasteiger charge is -2.33. The number of hydrogen-bond donors (Lipinski definition) is 1. The average molecular weight is 422 g/mol. The number of hydrogen-bond acceptors (Lipinski definition) is 4. The van der Waals surface area contributed by atoms with E-state index in [2.05, 4.69) is 53.4 Å². The molecule has 1 aliphatic rings. The van der Waals surface area contributed by atoms with Gasteiger partial charge in [0, 0.05) is 16.5 Å². The maximum absolute atomic E-state index is 6.28. The molecular formula is C27H25N4O+. The number of piperazine rings is 1. The molecule has 0 aliphatic carbocycles. The molecule has 0 radical (unpaired) electrons. The monoisotopic (exact) mass is 421 g/mol. The Balaban J connectivity index is 1.36. The highest BCUT2D eigenvalue weighted by Gasteiger charge is 2.26. The lowest BCUT2D eigenvalue weighted by molar-refractivity contribution is -0.914. The quantitative estimate of drug-likeness (QED) is 0.477. The summed E-state index contributed by atoms with van der Waals surface area (Å²) >= 11 is 0. The summed E-state index contributed by atoms with van der Waals surface area (Å²) in [5.74, 6) is 1.66. The van der Waals surface area contributed by atoms with E-state index in [9.17, 15) is 0 Å². The molecule has 0 bridgehead atoms. The van der Waals surface area contributed by atoms with Crippen LogP contribution in [0.15, 0.2) is 89.3 Å². The number of benzene rings is 3. The zero-order valence-electron chi connectivity index (χ0n) is 17.9. The van der Waals surface area contributed by atoms with Gasteiger partial charge in [0.1, 0.15) is 17.6 Å². The Hall–Kier alpha value is -3.70. The molecule has 0 saturated carbocycles. The van der Waals surface area contributed by atoms with Crippen molar-refractivity contribution in [3.63, 3.8) is 0 Å². The van der Waals surface area contributed by atoms with Gasteiger partial charge in [-0.05, 0) is 12.1 Å². The minimum Gasteiger partial charge on any atom is -0.450 e. The van der Waals surface area contributed by atoms with E-state index in [0.717, 1.165) is 72.0 Å². The molecule has 0 spiro atoms. The number of fused-ring (bicyclic) bond motifs is 3. The van der Waals surface area contributed by atoms with Gasteiger partial charge < -0.3 is 14.2 Å². The fourth-order valence-corrected chi connectivity index (χ4v) is 4.60. The SMILES string of the molecule is c1ccc(C[NH+]2CCN(c3nc(-c4ccccc4)nc4c3oc3ccccc34)CC2)cc1. The number of rotatable bonds is 4. The first-order valence-electron chi connectivity index (χ1n) is 11.2. The third-order valence-electron chi connectivity index (χ3n) is 6.30. The number of quaternary nitrogens is 1. The van der Waals surface area contributed by atoms with Crippen LogP contribution in [0.5, 0.6) is 0 Å². The van der Waals surface area contributed by atoms with E-state index in [1.807, 2.05) is 36.4 Å². The van der Waals surface area contributed by atoms with Crippen molar-refractivity contribution in [3.8, 4) is 11.4 Å². The standard InChI is InChI=1S/C27H24N4O/c1-3-9-20(10-4-1)19-30-15-17-31(18-16-30)27-25-24(22-13-7-8-14-23(22)32-25)28-26(29-27)21-11-5-2-6-12-21/h1-14H,15-19H2/p+1. The molecule has 6 rings (SSSR count). The van der Waals surface area contributed by atoms with Crippen molar-refractivity contribution in [1.82, 2.24) is 9.97 Å². The van der Waals surface area contributed by atoms with Gasteiger partial charge >= 0.3 is 0 Å². The van der Waals surface area contributed by atoms with E-state index in [4.69, 9.17) is 14.4 Å². The van der Waals surface area contributed by atoms with Crippen LogP contribution in [-0.2, 0) is 6.54 Å². The summed E-state index contributed by atoms with van der Waals surface area (Å²) < 4.78 is 6.28. The molecule has 1 N–H and O–H groups in total. The molecule has 5 aromatic rings. The van der Waals surface area contributed by atoms with E-state index >= 15 is 0 Å². The van der Waals surface area contributed by atoms with Crippen LogP contribution < -0.4 is 9.80 Å². The molecule has 1 saturated heterocycles. The second-order valence-corrected chi connectivity index (χ2v) is 8.41. The van der Waals surface area contributed by atoms with E-state index in [0.29, 0.717) is 0 Å². The van der Waals surface area contributed by atoms with E-state index in [1.165, 1.54) is 5.56 Å². The van der Waals surface area contributed by atoms with Crippen LogP contribution in [0.25, 0.3) is 33.5 Å². The van der Waals surface area contributed by atoms with Crippen LogP contribution in [-0.4, -0.2) is 36.1 Å². The highest BCUT2D eigenvalue weighted by Crippen LogP contribution is 2.34. The summed E-state index contributed by atoms with van der Waals surface area (Å²) in [5, 5.41) is 1.04. The number of nitrogens with one attached hydrogen (secondary N) is 1. The highest BCUT2D eigenvalue weighted by atomic mass is 16.3. The number of anilines is 1. The lowest BCUT2D eigenvalue weighted by atomic mass is 10.2. The van der Waals surface area contributed by atoms with Gasteiger partial charge in [0.05, 0.1) is 26.2 Å². The summed E-state index contributed by atoms with van der Waals surface area (Å²) in [7, 11) is 0. The normalized spacial score (nSPS) is 14.9. The number of para-hydroxylation sites is 1. The van der Waals surface area contributed by atoms with Crippen LogP contribution in [0.3, 0.4) is 0 Å². The smallest absolute Gasteiger partial charge is 0.196 e. The Morgan fingerprint density at radius 2 is 1.47 bits per heavy atom. The molecule has 0 unspecified atom stereocenters. The first-order valence-corrected chi connectivity index (χ1v) is 11.2. The summed E-state index contributed by atoms with van der Waals surface area (Å²) in [5.41, 5.74) is 4.95. The topological polar surface area (TPSA) is 46.6 Å². The first kappa shape index (κ1) is 19.0. The first-order chi connectivity index (χ1) is 15.8. The van der Waals surface area contributed by atoms with Crippen LogP contribution in [0.1, 0.15) is 5.56 Å². The molecular weight excluding hydrogens is 396 g/mol. The Morgan fingerprint density at radius 1 is 0.781 bits per heavy atom. The van der Waals surface area contributed by atoms with Crippen molar-refractivity contribution in [2.24, 2.45) is 0 Å². The van der Waals surface area contributed by atoms with Crippen molar-refractivity contribution in [2.45, 2.75) is 6.54 Å². The third kappa shape index (κ3) is 3.51. The molecule has 0 amide bonds. The van der Waals surface area contributed by atoms with Crippen molar-refractivity contribution >= 4 is 27.9 Å². The summed E-state index contributed by atoms with van der Waals surface area (Å²) in [4.78, 5) is 13.9. The highest BCUT2D eigenvalue weighted by molar-refractivity contribution is 6.06. The second kappa shape index (κ2) is 8.09. The van der Waals surface area contributed by atoms with Crippen LogP contribution >= 0.6 is 0 Å². The van der Waals surface area contributed by atoms with Crippen LogP contribution in [0.4, 0.5) is 5.82 Å². The van der Waals surface area contributed by atoms with Gasteiger partial charge in [-0.25, -0.2) is 9.97 Å². The van der Waals surface area contributed by atoms with Gasteiger partial charge in [-0.1, -0.05) is 72.8 Å². The fraction of sp³-hybridized carbons (Fsp3) is 0.185. The van der Waals surface area contributed by atoms with Crippen molar-refractivity contribution < 1.29 is 9.32 Å². The predicted octanol–water partition coefficient (Wildman–Crippen LogP) is 3.95. The van der Waals surface area contributed by atoms with Crippen LogP contribution in [0.2, 0.25) is 0 Å². The fourth-order valence-electron chi connectivity index (χ4n) is 4.60. The minimum absolute atomic E-state index is 0.749. The minimum atomic E-state index is 0.749. The van der Waals surface area contributed by atoms with E-state index in [1.54, 1.807) is 4.90 Å². The largest absolute Gasteiger partial charge is 0.450 e. The van der Waals surface area contributed by atoms with Gasteiger partial charge in [0.15, 0.2) is 17.2 Å². The van der Waals surface area contributed by atoms with Gasteiger partial charge in [0.2, 0.25) is 0 Å². The molecule has 2 aromatic heterocycles. The number of aromatic nitrogens is 2. The number of nitrogens with zero attached hydrogens (tertiary/aromatic N) is 3. The van der Waals surface area contributed by atoms with Crippen molar-refractivity contribution in [3.05, 3.63) is 90.5 Å². The molecule has 1 aliphatic heterocycles. The molecule has 3 heterocycles. The molecule has 1 fully saturated rings. The third-order valence-corrected chi connectivity index (χ3v) is 6.30. The maximum Gasteiger partial charge on any atom is 0.196 e. The Bertz CT molecular complexity index is 1360. The van der Waals surface area contributed by atoms with Crippen molar-refractivity contribution in [1.29, 1.82) is 0 Å². The lowest BCUT2D eigenvalue weighted by Crippen LogP contribution is -3.13. The summed E-state index contributed by atoms with van der Waals surface area (Å²) in [6, 6.07) is 29.1.